The van der Waals surface area contributed by atoms with Gasteiger partial charge in [-0.1, -0.05) is 11.2 Å². The van der Waals surface area contributed by atoms with Crippen molar-refractivity contribution in [1.29, 1.82) is 0 Å². The average Bonchev–Trinajstić information content (AvgIpc) is 3.33. The van der Waals surface area contributed by atoms with Crippen molar-refractivity contribution < 1.29 is 23.7 Å². The van der Waals surface area contributed by atoms with Crippen LogP contribution in [0.3, 0.4) is 0 Å². The Balaban J connectivity index is 1.45. The van der Waals surface area contributed by atoms with Crippen LogP contribution in [0, 0.1) is 10.1 Å². The number of non-ortho nitro benzene ring substituents is 1. The van der Waals surface area contributed by atoms with Gasteiger partial charge in [-0.25, -0.2) is 0 Å². The Morgan fingerprint density at radius 3 is 2.53 bits per heavy atom. The summed E-state index contributed by atoms with van der Waals surface area (Å²) in [6.07, 6.45) is 0. The van der Waals surface area contributed by atoms with Crippen molar-refractivity contribution >= 4 is 17.3 Å². The van der Waals surface area contributed by atoms with Crippen molar-refractivity contribution in [2.45, 2.75) is 0 Å². The van der Waals surface area contributed by atoms with Gasteiger partial charge in [-0.15, -0.1) is 0 Å². The van der Waals surface area contributed by atoms with Gasteiger partial charge in [-0.05, 0) is 24.3 Å². The van der Waals surface area contributed by atoms with E-state index in [0.29, 0.717) is 49.0 Å². The van der Waals surface area contributed by atoms with E-state index in [1.54, 1.807) is 55.5 Å². The molecule has 2 heterocycles. The molecule has 1 aliphatic rings. The summed E-state index contributed by atoms with van der Waals surface area (Å²) in [5.74, 6) is 1.37. The minimum atomic E-state index is -0.414. The van der Waals surface area contributed by atoms with Crippen LogP contribution < -0.4 is 14.4 Å². The lowest BCUT2D eigenvalue weighted by Crippen LogP contribution is -2.48. The number of carbonyl (C=O) groups is 1. The number of amides is 1. The highest BCUT2D eigenvalue weighted by Crippen LogP contribution is 2.34. The quantitative estimate of drug-likeness (QED) is 0.426. The van der Waals surface area contributed by atoms with E-state index in [-0.39, 0.29) is 17.3 Å². The number of ether oxygens (including phenoxy) is 2. The molecule has 1 aromatic heterocycles. The van der Waals surface area contributed by atoms with E-state index in [1.165, 1.54) is 6.07 Å². The SMILES string of the molecule is COc1ccc(OC)c(-c2cc(C(=O)N3CCN(c4cccc([N+](=O)[O-])c4)CC3)no2)c1. The molecule has 0 aliphatic carbocycles. The van der Waals surface area contributed by atoms with Crippen molar-refractivity contribution in [3.63, 3.8) is 0 Å². The first-order valence-corrected chi connectivity index (χ1v) is 9.98. The van der Waals surface area contributed by atoms with E-state index in [4.69, 9.17) is 14.0 Å². The summed E-state index contributed by atoms with van der Waals surface area (Å²) in [6, 6.07) is 13.4. The molecule has 10 nitrogen and oxygen atoms in total. The Hall–Kier alpha value is -4.08. The average molecular weight is 438 g/mol. The van der Waals surface area contributed by atoms with Crippen LogP contribution in [0.15, 0.2) is 53.1 Å². The number of hydrogen-bond acceptors (Lipinski definition) is 8. The maximum Gasteiger partial charge on any atom is 0.276 e. The maximum absolute atomic E-state index is 12.9. The molecule has 32 heavy (non-hydrogen) atoms. The molecule has 0 unspecified atom stereocenters. The minimum Gasteiger partial charge on any atom is -0.497 e. The highest BCUT2D eigenvalue weighted by Gasteiger charge is 2.26. The second kappa shape index (κ2) is 8.96. The van der Waals surface area contributed by atoms with Crippen LogP contribution in [0.1, 0.15) is 10.5 Å². The second-order valence-electron chi connectivity index (χ2n) is 7.20. The van der Waals surface area contributed by atoms with Crippen LogP contribution in [-0.4, -0.2) is 61.3 Å². The third-order valence-electron chi connectivity index (χ3n) is 5.37. The van der Waals surface area contributed by atoms with Crippen molar-refractivity contribution in [1.82, 2.24) is 10.1 Å². The predicted octanol–water partition coefficient (Wildman–Crippen LogP) is 3.23. The summed E-state index contributed by atoms with van der Waals surface area (Å²) < 4.78 is 16.1. The number of methoxy groups -OCH3 is 2. The Kier molecular flexibility index (Phi) is 5.93. The van der Waals surface area contributed by atoms with Crippen molar-refractivity contribution in [3.8, 4) is 22.8 Å². The van der Waals surface area contributed by atoms with Gasteiger partial charge in [0, 0.05) is 50.1 Å². The normalized spacial score (nSPS) is 13.7. The number of carbonyl (C=O) groups excluding carboxylic acids is 1. The fourth-order valence-corrected chi connectivity index (χ4v) is 3.64. The Morgan fingerprint density at radius 1 is 1.06 bits per heavy atom. The number of rotatable bonds is 6. The number of nitrogens with zero attached hydrogens (tertiary/aromatic N) is 4. The number of aromatic nitrogens is 1. The largest absolute Gasteiger partial charge is 0.497 e. The van der Waals surface area contributed by atoms with Crippen LogP contribution in [0.5, 0.6) is 11.5 Å². The molecule has 4 rings (SSSR count). The van der Waals surface area contributed by atoms with E-state index in [1.807, 2.05) is 11.0 Å². The molecule has 0 radical (unpaired) electrons. The zero-order chi connectivity index (χ0) is 22.7. The first-order valence-electron chi connectivity index (χ1n) is 9.98. The lowest BCUT2D eigenvalue weighted by molar-refractivity contribution is -0.384. The fourth-order valence-electron chi connectivity index (χ4n) is 3.64. The summed E-state index contributed by atoms with van der Waals surface area (Å²) in [6.45, 7) is 2.04. The topological polar surface area (TPSA) is 111 Å². The van der Waals surface area contributed by atoms with Gasteiger partial charge in [0.25, 0.3) is 11.6 Å². The van der Waals surface area contributed by atoms with E-state index >= 15 is 0 Å². The van der Waals surface area contributed by atoms with E-state index < -0.39 is 4.92 Å². The smallest absolute Gasteiger partial charge is 0.276 e. The number of piperazine rings is 1. The molecule has 0 atom stereocenters. The van der Waals surface area contributed by atoms with Gasteiger partial charge in [0.15, 0.2) is 11.5 Å². The molecule has 3 aromatic rings. The van der Waals surface area contributed by atoms with E-state index in [9.17, 15) is 14.9 Å². The molecular weight excluding hydrogens is 416 g/mol. The minimum absolute atomic E-state index is 0.0455. The van der Waals surface area contributed by atoms with E-state index in [2.05, 4.69) is 5.16 Å². The zero-order valence-corrected chi connectivity index (χ0v) is 17.7. The van der Waals surface area contributed by atoms with Gasteiger partial charge < -0.3 is 23.8 Å². The lowest BCUT2D eigenvalue weighted by Gasteiger charge is -2.35. The summed E-state index contributed by atoms with van der Waals surface area (Å²) in [4.78, 5) is 27.3. The standard InChI is InChI=1S/C22H22N4O6/c1-30-17-6-7-20(31-2)18(13-17)21-14-19(23-32-21)22(27)25-10-8-24(9-11-25)15-4-3-5-16(12-15)26(28)29/h3-7,12-14H,8-11H2,1-2H3. The molecule has 0 spiro atoms. The van der Waals surface area contributed by atoms with Crippen LogP contribution in [0.25, 0.3) is 11.3 Å². The molecule has 1 aliphatic heterocycles. The van der Waals surface area contributed by atoms with Gasteiger partial charge in [0.1, 0.15) is 11.5 Å². The van der Waals surface area contributed by atoms with Crippen molar-refractivity contribution in [3.05, 3.63) is 64.3 Å². The molecular formula is C22H22N4O6. The van der Waals surface area contributed by atoms with Crippen molar-refractivity contribution in [2.75, 3.05) is 45.3 Å². The monoisotopic (exact) mass is 438 g/mol. The van der Waals surface area contributed by atoms with Crippen LogP contribution >= 0.6 is 0 Å². The number of anilines is 1. The molecule has 2 aromatic carbocycles. The summed E-state index contributed by atoms with van der Waals surface area (Å²) in [5, 5.41) is 15.0. The van der Waals surface area contributed by atoms with Crippen molar-refractivity contribution in [2.24, 2.45) is 0 Å². The summed E-state index contributed by atoms with van der Waals surface area (Å²) in [7, 11) is 3.11. The molecule has 0 saturated carbocycles. The van der Waals surface area contributed by atoms with Gasteiger partial charge in [0.05, 0.1) is 24.7 Å². The van der Waals surface area contributed by atoms with Gasteiger partial charge in [-0.2, -0.15) is 0 Å². The molecule has 1 saturated heterocycles. The zero-order valence-electron chi connectivity index (χ0n) is 17.7. The van der Waals surface area contributed by atoms with Crippen LogP contribution in [0.2, 0.25) is 0 Å². The molecule has 0 bridgehead atoms. The Bertz CT molecular complexity index is 1140. The third kappa shape index (κ3) is 4.20. The second-order valence-corrected chi connectivity index (χ2v) is 7.20. The van der Waals surface area contributed by atoms with Crippen LogP contribution in [0.4, 0.5) is 11.4 Å². The summed E-state index contributed by atoms with van der Waals surface area (Å²) >= 11 is 0. The first-order chi connectivity index (χ1) is 15.5. The number of hydrogen-bond donors (Lipinski definition) is 0. The van der Waals surface area contributed by atoms with Crippen LogP contribution in [-0.2, 0) is 0 Å². The number of benzene rings is 2. The molecule has 1 amide bonds. The highest BCUT2D eigenvalue weighted by atomic mass is 16.6. The number of nitro groups is 1. The predicted molar refractivity (Wildman–Crippen MR) is 116 cm³/mol. The van der Waals surface area contributed by atoms with Gasteiger partial charge >= 0.3 is 0 Å². The number of nitro benzene ring substituents is 1. The summed E-state index contributed by atoms with van der Waals surface area (Å²) in [5.41, 5.74) is 1.65. The molecule has 0 N–H and O–H groups in total. The van der Waals surface area contributed by atoms with Gasteiger partial charge in [0.2, 0.25) is 0 Å². The molecule has 166 valence electrons. The highest BCUT2D eigenvalue weighted by molar-refractivity contribution is 5.93. The first kappa shape index (κ1) is 21.2. The van der Waals surface area contributed by atoms with Gasteiger partial charge in [-0.3, -0.25) is 14.9 Å². The Labute approximate surface area is 184 Å². The third-order valence-corrected chi connectivity index (χ3v) is 5.37. The lowest BCUT2D eigenvalue weighted by atomic mass is 10.1. The maximum atomic E-state index is 12.9. The Morgan fingerprint density at radius 2 is 1.84 bits per heavy atom. The fraction of sp³-hybridized carbons (Fsp3) is 0.273. The van der Waals surface area contributed by atoms with E-state index in [0.717, 1.165) is 5.69 Å². The molecule has 1 fully saturated rings. The molecule has 10 heteroatoms.